The van der Waals surface area contributed by atoms with Gasteiger partial charge in [-0.2, -0.15) is 0 Å². The highest BCUT2D eigenvalue weighted by Crippen LogP contribution is 2.24. The van der Waals surface area contributed by atoms with Gasteiger partial charge in [0.1, 0.15) is 6.29 Å². The average molecular weight is 324 g/mol. The zero-order chi connectivity index (χ0) is 16.3. The Kier molecular flexibility index (Phi) is 11.5. The Morgan fingerprint density at radius 1 is 0.905 bits per heavy atom. The fraction of sp³-hybridized carbons (Fsp3) is 1.00. The van der Waals surface area contributed by atoms with E-state index in [2.05, 4.69) is 0 Å². The van der Waals surface area contributed by atoms with Crippen molar-refractivity contribution in [3.8, 4) is 0 Å². The first kappa shape index (κ1) is 21.0. The van der Waals surface area contributed by atoms with Crippen LogP contribution in [0.1, 0.15) is 40.5 Å². The minimum atomic E-state index is -2.78. The molecule has 0 aliphatic heterocycles. The summed E-state index contributed by atoms with van der Waals surface area (Å²) in [5.41, 5.74) is 0. The average Bonchev–Trinajstić information content (AvgIpc) is 2.39. The Hall–Kier alpha value is -0.0231. The molecule has 0 saturated carbocycles. The molecule has 0 spiro atoms. The Balaban J connectivity index is 4.90. The molecule has 128 valence electrons. The molecule has 0 fully saturated rings. The third kappa shape index (κ3) is 8.25. The third-order valence-electron chi connectivity index (χ3n) is 3.06. The van der Waals surface area contributed by atoms with E-state index in [9.17, 15) is 10.2 Å². The molecule has 0 radical (unpaired) electrons. The first-order valence-electron chi connectivity index (χ1n) is 7.82. The minimum absolute atomic E-state index is 0.231. The van der Waals surface area contributed by atoms with Crippen LogP contribution in [-0.2, 0) is 18.6 Å². The monoisotopic (exact) mass is 324 g/mol. The normalized spacial score (nSPS) is 19.0. The number of rotatable bonds is 13. The van der Waals surface area contributed by atoms with Gasteiger partial charge in [-0.3, -0.25) is 0 Å². The molecule has 0 aliphatic rings. The number of aliphatic hydroxyl groups excluding tert-OH is 2. The van der Waals surface area contributed by atoms with E-state index in [0.29, 0.717) is 19.8 Å². The second kappa shape index (κ2) is 11.5. The van der Waals surface area contributed by atoms with E-state index < -0.39 is 20.5 Å². The zero-order valence-corrected chi connectivity index (χ0v) is 15.0. The lowest BCUT2D eigenvalue weighted by atomic mass is 10.3. The Morgan fingerprint density at radius 3 is 1.95 bits per heavy atom. The van der Waals surface area contributed by atoms with E-state index in [-0.39, 0.29) is 12.3 Å². The first-order chi connectivity index (χ1) is 9.93. The predicted molar refractivity (Wildman–Crippen MR) is 83.1 cm³/mol. The minimum Gasteiger partial charge on any atom is -0.387 e. The van der Waals surface area contributed by atoms with Crippen LogP contribution in [0.5, 0.6) is 0 Å². The van der Waals surface area contributed by atoms with Crippen LogP contribution in [0, 0.1) is 0 Å². The van der Waals surface area contributed by atoms with E-state index in [1.54, 1.807) is 0 Å². The van der Waals surface area contributed by atoms with Crippen molar-refractivity contribution in [2.75, 3.05) is 19.8 Å². The molecule has 0 bridgehead atoms. The van der Waals surface area contributed by atoms with E-state index >= 15 is 0 Å². The summed E-state index contributed by atoms with van der Waals surface area (Å²) in [6.45, 7) is 10.7. The van der Waals surface area contributed by atoms with Crippen molar-refractivity contribution in [3.63, 3.8) is 0 Å². The van der Waals surface area contributed by atoms with Gasteiger partial charge in [-0.05, 0) is 33.7 Å². The van der Waals surface area contributed by atoms with Gasteiger partial charge in [-0.25, -0.2) is 0 Å². The van der Waals surface area contributed by atoms with Crippen molar-refractivity contribution in [2.24, 2.45) is 0 Å². The van der Waals surface area contributed by atoms with E-state index in [4.69, 9.17) is 18.6 Å². The Bertz CT molecular complexity index is 250. The molecule has 7 heteroatoms. The van der Waals surface area contributed by atoms with Crippen LogP contribution in [0.2, 0.25) is 12.6 Å². The maximum absolute atomic E-state index is 10.3. The Labute approximate surface area is 129 Å². The van der Waals surface area contributed by atoms with Gasteiger partial charge in [0.05, 0.1) is 0 Å². The number of hydrogen-bond acceptors (Lipinski definition) is 6. The lowest BCUT2D eigenvalue weighted by Gasteiger charge is -2.36. The highest BCUT2D eigenvalue weighted by atomic mass is 28.4. The lowest BCUT2D eigenvalue weighted by molar-refractivity contribution is -0.125. The van der Waals surface area contributed by atoms with Crippen molar-refractivity contribution in [1.29, 1.82) is 0 Å². The van der Waals surface area contributed by atoms with Crippen molar-refractivity contribution >= 4 is 8.32 Å². The SMILES string of the molecule is CCCC(OCC)O[Si](C)(CC(O)OCC)C(O)OCC. The van der Waals surface area contributed by atoms with E-state index in [0.717, 1.165) is 12.8 Å². The molecule has 0 aromatic heterocycles. The van der Waals surface area contributed by atoms with Crippen molar-refractivity contribution in [1.82, 2.24) is 0 Å². The summed E-state index contributed by atoms with van der Waals surface area (Å²) in [4.78, 5) is 0. The van der Waals surface area contributed by atoms with Gasteiger partial charge in [-0.1, -0.05) is 13.3 Å². The van der Waals surface area contributed by atoms with E-state index in [1.165, 1.54) is 0 Å². The van der Waals surface area contributed by atoms with Gasteiger partial charge < -0.3 is 28.8 Å². The van der Waals surface area contributed by atoms with Crippen LogP contribution >= 0.6 is 0 Å². The third-order valence-corrected chi connectivity index (χ3v) is 6.24. The van der Waals surface area contributed by atoms with Crippen molar-refractivity contribution in [2.45, 2.75) is 71.6 Å². The van der Waals surface area contributed by atoms with Crippen LogP contribution in [0.15, 0.2) is 0 Å². The predicted octanol–water partition coefficient (Wildman–Crippen LogP) is 1.99. The van der Waals surface area contributed by atoms with Gasteiger partial charge >= 0.3 is 0 Å². The van der Waals surface area contributed by atoms with Gasteiger partial charge in [0, 0.05) is 25.9 Å². The van der Waals surface area contributed by atoms with E-state index in [1.807, 2.05) is 34.2 Å². The molecule has 21 heavy (non-hydrogen) atoms. The molecule has 0 aliphatic carbocycles. The van der Waals surface area contributed by atoms with Crippen LogP contribution in [0.4, 0.5) is 0 Å². The number of hydrogen-bond donors (Lipinski definition) is 2. The molecule has 0 aromatic carbocycles. The van der Waals surface area contributed by atoms with Crippen molar-refractivity contribution < 1.29 is 28.8 Å². The maximum Gasteiger partial charge on any atom is 0.258 e. The topological polar surface area (TPSA) is 77.4 Å². The standard InChI is InChI=1S/C14H32O6Si/c1-6-10-13(18-8-3)20-21(5,14(16)19-9-4)11-12(15)17-7-2/h12-16H,6-11H2,1-5H3. The number of aliphatic hydroxyl groups is 2. The number of ether oxygens (including phenoxy) is 3. The molecule has 4 unspecified atom stereocenters. The molecule has 0 rings (SSSR count). The van der Waals surface area contributed by atoms with Gasteiger partial charge in [0.2, 0.25) is 0 Å². The summed E-state index contributed by atoms with van der Waals surface area (Å²) in [7, 11) is -2.78. The second-order valence-electron chi connectivity index (χ2n) is 5.03. The highest BCUT2D eigenvalue weighted by molar-refractivity contribution is 6.73. The molecule has 0 aromatic rings. The van der Waals surface area contributed by atoms with Gasteiger partial charge in [-0.15, -0.1) is 0 Å². The van der Waals surface area contributed by atoms with Gasteiger partial charge in [0.25, 0.3) is 8.32 Å². The summed E-state index contributed by atoms with van der Waals surface area (Å²) >= 11 is 0. The fourth-order valence-electron chi connectivity index (χ4n) is 2.04. The smallest absolute Gasteiger partial charge is 0.258 e. The van der Waals surface area contributed by atoms with Crippen LogP contribution in [-0.4, -0.2) is 56.8 Å². The summed E-state index contributed by atoms with van der Waals surface area (Å²) in [6, 6.07) is 0.231. The molecule has 0 heterocycles. The summed E-state index contributed by atoms with van der Waals surface area (Å²) < 4.78 is 22.1. The largest absolute Gasteiger partial charge is 0.387 e. The molecule has 0 amide bonds. The van der Waals surface area contributed by atoms with Crippen molar-refractivity contribution in [3.05, 3.63) is 0 Å². The molecular formula is C14H32O6Si. The van der Waals surface area contributed by atoms with Crippen LogP contribution < -0.4 is 0 Å². The zero-order valence-electron chi connectivity index (χ0n) is 14.0. The second-order valence-corrected chi connectivity index (χ2v) is 8.79. The molecular weight excluding hydrogens is 292 g/mol. The molecule has 4 atom stereocenters. The fourth-order valence-corrected chi connectivity index (χ4v) is 4.57. The molecule has 6 nitrogen and oxygen atoms in total. The summed E-state index contributed by atoms with van der Waals surface area (Å²) in [5.74, 6) is -1.03. The first-order valence-corrected chi connectivity index (χ1v) is 10.5. The Morgan fingerprint density at radius 2 is 1.48 bits per heavy atom. The summed E-state index contributed by atoms with van der Waals surface area (Å²) in [6.07, 6.45) is 0.291. The van der Waals surface area contributed by atoms with Crippen LogP contribution in [0.25, 0.3) is 0 Å². The van der Waals surface area contributed by atoms with Gasteiger partial charge in [0.15, 0.2) is 12.2 Å². The lowest BCUT2D eigenvalue weighted by Crippen LogP contribution is -2.54. The molecule has 0 saturated heterocycles. The summed E-state index contributed by atoms with van der Waals surface area (Å²) in [5, 5.41) is 20.2. The molecule has 2 N–H and O–H groups in total. The maximum atomic E-state index is 10.3. The van der Waals surface area contributed by atoms with Crippen LogP contribution in [0.3, 0.4) is 0 Å². The quantitative estimate of drug-likeness (QED) is 0.398. The highest BCUT2D eigenvalue weighted by Gasteiger charge is 2.43.